The lowest BCUT2D eigenvalue weighted by atomic mass is 9.97. The molecule has 1 heterocycles. The first kappa shape index (κ1) is 24.2. The molecule has 1 fully saturated rings. The molecule has 6 nitrogen and oxygen atoms in total. The molecule has 0 aromatic heterocycles. The van der Waals surface area contributed by atoms with Crippen molar-refractivity contribution < 1.29 is 14.4 Å². The Balaban J connectivity index is 2.10. The van der Waals surface area contributed by atoms with Crippen LogP contribution in [0.15, 0.2) is 18.2 Å². The lowest BCUT2D eigenvalue weighted by Gasteiger charge is -2.31. The van der Waals surface area contributed by atoms with Gasteiger partial charge in [0.1, 0.15) is 19.8 Å². The third-order valence-electron chi connectivity index (χ3n) is 5.78. The SMILES string of the molecule is CCCCC(CC)C(=O)N(CC(=O)N1CC(=O)N(c2cccc(Cl)c2C)C1)C(C)C. The van der Waals surface area contributed by atoms with Crippen LogP contribution in [0, 0.1) is 12.8 Å². The molecule has 7 heteroatoms. The molecule has 0 aliphatic carbocycles. The Morgan fingerprint density at radius 1 is 1.23 bits per heavy atom. The Morgan fingerprint density at radius 2 is 1.93 bits per heavy atom. The normalized spacial score (nSPS) is 15.1. The van der Waals surface area contributed by atoms with E-state index in [1.54, 1.807) is 21.9 Å². The van der Waals surface area contributed by atoms with E-state index in [0.717, 1.165) is 31.2 Å². The van der Waals surface area contributed by atoms with Gasteiger partial charge in [0, 0.05) is 22.7 Å². The van der Waals surface area contributed by atoms with Gasteiger partial charge in [-0.05, 0) is 51.3 Å². The maximum absolute atomic E-state index is 13.1. The lowest BCUT2D eigenvalue weighted by molar-refractivity contribution is -0.144. The summed E-state index contributed by atoms with van der Waals surface area (Å²) in [6.45, 7) is 10.0. The molecule has 1 aliphatic heterocycles. The second-order valence-electron chi connectivity index (χ2n) is 8.25. The van der Waals surface area contributed by atoms with E-state index in [2.05, 4.69) is 6.92 Å². The average molecular weight is 436 g/mol. The molecule has 0 bridgehead atoms. The highest BCUT2D eigenvalue weighted by Crippen LogP contribution is 2.29. The first-order valence-electron chi connectivity index (χ1n) is 10.8. The molecule has 1 atom stereocenters. The molecule has 0 N–H and O–H groups in total. The van der Waals surface area contributed by atoms with Crippen LogP contribution < -0.4 is 4.90 Å². The molecule has 0 spiro atoms. The maximum Gasteiger partial charge on any atom is 0.248 e. The molecule has 3 amide bonds. The van der Waals surface area contributed by atoms with Crippen LogP contribution in [0.3, 0.4) is 0 Å². The van der Waals surface area contributed by atoms with Crippen molar-refractivity contribution in [2.75, 3.05) is 24.7 Å². The number of anilines is 1. The van der Waals surface area contributed by atoms with E-state index < -0.39 is 0 Å². The first-order chi connectivity index (χ1) is 14.2. The Kier molecular flexibility index (Phi) is 8.71. The summed E-state index contributed by atoms with van der Waals surface area (Å²) in [7, 11) is 0. The fraction of sp³-hybridized carbons (Fsp3) is 0.609. The van der Waals surface area contributed by atoms with Crippen LogP contribution in [-0.2, 0) is 14.4 Å². The van der Waals surface area contributed by atoms with E-state index in [1.807, 2.05) is 33.8 Å². The van der Waals surface area contributed by atoms with E-state index in [4.69, 9.17) is 11.6 Å². The van der Waals surface area contributed by atoms with Crippen LogP contribution in [0.4, 0.5) is 5.69 Å². The highest BCUT2D eigenvalue weighted by Gasteiger charge is 2.35. The predicted molar refractivity (Wildman–Crippen MR) is 120 cm³/mol. The summed E-state index contributed by atoms with van der Waals surface area (Å²) in [5.74, 6) is -0.392. The number of hydrogen-bond acceptors (Lipinski definition) is 3. The van der Waals surface area contributed by atoms with Crippen LogP contribution in [0.1, 0.15) is 58.9 Å². The zero-order valence-corrected chi connectivity index (χ0v) is 19.5. The highest BCUT2D eigenvalue weighted by molar-refractivity contribution is 6.31. The van der Waals surface area contributed by atoms with Gasteiger partial charge in [0.25, 0.3) is 0 Å². The van der Waals surface area contributed by atoms with Crippen molar-refractivity contribution in [3.8, 4) is 0 Å². The number of carbonyl (C=O) groups excluding carboxylic acids is 3. The van der Waals surface area contributed by atoms with Gasteiger partial charge in [-0.15, -0.1) is 0 Å². The van der Waals surface area contributed by atoms with Crippen LogP contribution in [0.5, 0.6) is 0 Å². The van der Waals surface area contributed by atoms with Crippen molar-refractivity contribution in [3.63, 3.8) is 0 Å². The average Bonchev–Trinajstić information content (AvgIpc) is 3.09. The topological polar surface area (TPSA) is 60.9 Å². The Hall–Kier alpha value is -2.08. The molecule has 0 saturated carbocycles. The van der Waals surface area contributed by atoms with Gasteiger partial charge in [-0.25, -0.2) is 0 Å². The van der Waals surface area contributed by atoms with Crippen molar-refractivity contribution in [2.24, 2.45) is 5.92 Å². The van der Waals surface area contributed by atoms with Gasteiger partial charge in [-0.2, -0.15) is 0 Å². The summed E-state index contributed by atoms with van der Waals surface area (Å²) in [5.41, 5.74) is 1.52. The van der Waals surface area contributed by atoms with Gasteiger partial charge in [0.2, 0.25) is 17.7 Å². The van der Waals surface area contributed by atoms with Crippen LogP contribution >= 0.6 is 11.6 Å². The van der Waals surface area contributed by atoms with E-state index in [-0.39, 0.29) is 49.4 Å². The van der Waals surface area contributed by atoms with E-state index >= 15 is 0 Å². The number of nitrogens with zero attached hydrogens (tertiary/aromatic N) is 3. The number of hydrogen-bond donors (Lipinski definition) is 0. The molecule has 30 heavy (non-hydrogen) atoms. The third kappa shape index (κ3) is 5.54. The molecule has 1 unspecified atom stereocenters. The Morgan fingerprint density at radius 3 is 2.53 bits per heavy atom. The van der Waals surface area contributed by atoms with Gasteiger partial charge in [-0.3, -0.25) is 19.3 Å². The predicted octanol–water partition coefficient (Wildman–Crippen LogP) is 4.23. The number of halogens is 1. The molecule has 2 rings (SSSR count). The molecule has 1 aromatic rings. The van der Waals surface area contributed by atoms with Gasteiger partial charge < -0.3 is 9.80 Å². The third-order valence-corrected chi connectivity index (χ3v) is 6.19. The standard InChI is InChI=1S/C23H34ClN3O3/c1-6-8-10-18(7-2)23(30)26(16(3)4)14-21(28)25-13-22(29)27(15-25)20-12-9-11-19(24)17(20)5/h9,11-12,16,18H,6-8,10,13-15H2,1-5H3. The summed E-state index contributed by atoms with van der Waals surface area (Å²) >= 11 is 6.19. The number of unbranched alkanes of at least 4 members (excludes halogenated alkanes) is 1. The number of carbonyl (C=O) groups is 3. The Labute approximate surface area is 185 Å². The van der Waals surface area contributed by atoms with Gasteiger partial charge in [0.15, 0.2) is 0 Å². The van der Waals surface area contributed by atoms with E-state index in [9.17, 15) is 14.4 Å². The van der Waals surface area contributed by atoms with Crippen LogP contribution in [0.2, 0.25) is 5.02 Å². The maximum atomic E-state index is 13.1. The summed E-state index contributed by atoms with van der Waals surface area (Å²) in [5, 5.41) is 0.583. The molecule has 0 radical (unpaired) electrons. The van der Waals surface area contributed by atoms with E-state index in [1.165, 1.54) is 4.90 Å². The molecule has 1 aliphatic rings. The summed E-state index contributed by atoms with van der Waals surface area (Å²) in [4.78, 5) is 43.4. The van der Waals surface area contributed by atoms with Crippen molar-refractivity contribution in [1.82, 2.24) is 9.80 Å². The molecule has 1 saturated heterocycles. The molecular formula is C23H34ClN3O3. The summed E-state index contributed by atoms with van der Waals surface area (Å²) in [6, 6.07) is 5.32. The number of amides is 3. The van der Waals surface area contributed by atoms with Crippen LogP contribution in [0.25, 0.3) is 0 Å². The van der Waals surface area contributed by atoms with Crippen molar-refractivity contribution >= 4 is 35.0 Å². The van der Waals surface area contributed by atoms with Crippen LogP contribution in [-0.4, -0.2) is 53.3 Å². The first-order valence-corrected chi connectivity index (χ1v) is 11.2. The largest absolute Gasteiger partial charge is 0.331 e. The smallest absolute Gasteiger partial charge is 0.248 e. The van der Waals surface area contributed by atoms with Crippen molar-refractivity contribution in [1.29, 1.82) is 0 Å². The van der Waals surface area contributed by atoms with Gasteiger partial charge in [-0.1, -0.05) is 44.4 Å². The highest BCUT2D eigenvalue weighted by atomic mass is 35.5. The second kappa shape index (κ2) is 10.8. The quantitative estimate of drug-likeness (QED) is 0.583. The molecule has 1 aromatic carbocycles. The second-order valence-corrected chi connectivity index (χ2v) is 8.65. The minimum absolute atomic E-state index is 0.00519. The molecular weight excluding hydrogens is 402 g/mol. The van der Waals surface area contributed by atoms with Gasteiger partial charge in [0.05, 0.1) is 0 Å². The van der Waals surface area contributed by atoms with Crippen molar-refractivity contribution in [3.05, 3.63) is 28.8 Å². The fourth-order valence-corrected chi connectivity index (χ4v) is 3.93. The monoisotopic (exact) mass is 435 g/mol. The van der Waals surface area contributed by atoms with Crippen molar-refractivity contribution in [2.45, 2.75) is 66.3 Å². The minimum Gasteiger partial charge on any atom is -0.331 e. The van der Waals surface area contributed by atoms with E-state index in [0.29, 0.717) is 10.7 Å². The minimum atomic E-state index is -0.210. The summed E-state index contributed by atoms with van der Waals surface area (Å²) < 4.78 is 0. The zero-order chi connectivity index (χ0) is 22.4. The number of benzene rings is 1. The Bertz CT molecular complexity index is 781. The van der Waals surface area contributed by atoms with Gasteiger partial charge >= 0.3 is 0 Å². The number of rotatable bonds is 9. The lowest BCUT2D eigenvalue weighted by Crippen LogP contribution is -2.47. The zero-order valence-electron chi connectivity index (χ0n) is 18.8. The fourth-order valence-electron chi connectivity index (χ4n) is 3.76. The molecule has 166 valence electrons. The summed E-state index contributed by atoms with van der Waals surface area (Å²) in [6.07, 6.45) is 3.64.